The quantitative estimate of drug-likeness (QED) is 0.926. The highest BCUT2D eigenvalue weighted by atomic mass is 19.1. The normalized spacial score (nSPS) is 10.3. The number of aryl methyl sites for hydroxylation is 2. The Morgan fingerprint density at radius 1 is 1.35 bits per heavy atom. The van der Waals surface area contributed by atoms with Crippen LogP contribution in [0.3, 0.4) is 0 Å². The minimum atomic E-state index is -0.521. The lowest BCUT2D eigenvalue weighted by atomic mass is 10.3. The Morgan fingerprint density at radius 3 is 2.70 bits per heavy atom. The molecule has 6 heteroatoms. The molecule has 1 heterocycles. The monoisotopic (exact) mass is 275 g/mol. The topological polar surface area (TPSA) is 64.0 Å². The number of rotatable bonds is 3. The Balaban J connectivity index is 2.17. The third-order valence-corrected chi connectivity index (χ3v) is 2.78. The molecule has 0 saturated carbocycles. The van der Waals surface area contributed by atoms with Gasteiger partial charge in [-0.1, -0.05) is 12.1 Å². The van der Waals surface area contributed by atoms with Crippen molar-refractivity contribution in [3.63, 3.8) is 0 Å². The van der Waals surface area contributed by atoms with Gasteiger partial charge in [0.1, 0.15) is 18.2 Å². The van der Waals surface area contributed by atoms with Crippen LogP contribution in [0.1, 0.15) is 11.5 Å². The lowest BCUT2D eigenvalue weighted by molar-refractivity contribution is -0.116. The third kappa shape index (κ3) is 3.09. The van der Waals surface area contributed by atoms with Gasteiger partial charge in [-0.15, -0.1) is 0 Å². The highest BCUT2D eigenvalue weighted by Gasteiger charge is 2.10. The first-order valence-electron chi connectivity index (χ1n) is 6.07. The summed E-state index contributed by atoms with van der Waals surface area (Å²) in [6, 6.07) is 7.20. The highest BCUT2D eigenvalue weighted by Crippen LogP contribution is 2.12. The summed E-state index contributed by atoms with van der Waals surface area (Å²) in [7, 11) is 0. The Hall–Kier alpha value is -2.50. The summed E-state index contributed by atoms with van der Waals surface area (Å²) in [5.41, 5.74) is 0.375. The van der Waals surface area contributed by atoms with E-state index in [0.29, 0.717) is 11.5 Å². The van der Waals surface area contributed by atoms with Gasteiger partial charge in [-0.3, -0.25) is 14.2 Å². The van der Waals surface area contributed by atoms with Crippen molar-refractivity contribution in [3.05, 3.63) is 58.0 Å². The van der Waals surface area contributed by atoms with E-state index >= 15 is 0 Å². The first-order valence-corrected chi connectivity index (χ1v) is 6.07. The molecule has 5 nitrogen and oxygen atoms in total. The van der Waals surface area contributed by atoms with Crippen LogP contribution in [0.25, 0.3) is 0 Å². The first kappa shape index (κ1) is 13.9. The van der Waals surface area contributed by atoms with E-state index in [4.69, 9.17) is 0 Å². The van der Waals surface area contributed by atoms with Crippen LogP contribution in [0.15, 0.2) is 35.1 Å². The van der Waals surface area contributed by atoms with Crippen LogP contribution in [-0.2, 0) is 11.3 Å². The van der Waals surface area contributed by atoms with Crippen LogP contribution in [-0.4, -0.2) is 15.5 Å². The van der Waals surface area contributed by atoms with Crippen molar-refractivity contribution in [1.82, 2.24) is 9.55 Å². The van der Waals surface area contributed by atoms with E-state index in [9.17, 15) is 14.0 Å². The fraction of sp³-hybridized carbons (Fsp3) is 0.214. The summed E-state index contributed by atoms with van der Waals surface area (Å²) >= 11 is 0. The molecule has 0 saturated heterocycles. The fourth-order valence-corrected chi connectivity index (χ4v) is 1.85. The standard InChI is InChI=1S/C14H14FN3O2/c1-9-7-14(20)18(10(2)16-9)8-13(19)17-12-6-4-3-5-11(12)15/h3-7H,8H2,1-2H3,(H,17,19). The molecule has 0 spiro atoms. The van der Waals surface area contributed by atoms with E-state index in [-0.39, 0.29) is 17.8 Å². The number of benzene rings is 1. The maximum absolute atomic E-state index is 13.4. The number of para-hydroxylation sites is 1. The Labute approximate surface area is 115 Å². The second-order valence-corrected chi connectivity index (χ2v) is 4.40. The second-order valence-electron chi connectivity index (χ2n) is 4.40. The number of hydrogen-bond acceptors (Lipinski definition) is 3. The molecular formula is C14H14FN3O2. The van der Waals surface area contributed by atoms with Crippen LogP contribution >= 0.6 is 0 Å². The molecule has 0 aliphatic rings. The molecule has 0 unspecified atom stereocenters. The molecule has 0 aliphatic heterocycles. The van der Waals surface area contributed by atoms with Crippen molar-refractivity contribution >= 4 is 11.6 Å². The molecule has 1 N–H and O–H groups in total. The molecule has 104 valence electrons. The largest absolute Gasteiger partial charge is 0.322 e. The minimum Gasteiger partial charge on any atom is -0.322 e. The number of carbonyl (C=O) groups excluding carboxylic acids is 1. The molecule has 20 heavy (non-hydrogen) atoms. The molecule has 0 radical (unpaired) electrons. The summed E-state index contributed by atoms with van der Waals surface area (Å²) in [4.78, 5) is 27.8. The first-order chi connectivity index (χ1) is 9.47. The van der Waals surface area contributed by atoms with Gasteiger partial charge >= 0.3 is 0 Å². The van der Waals surface area contributed by atoms with Crippen molar-refractivity contribution in [2.24, 2.45) is 0 Å². The van der Waals surface area contributed by atoms with Gasteiger partial charge in [-0.05, 0) is 26.0 Å². The summed E-state index contributed by atoms with van der Waals surface area (Å²) < 4.78 is 14.6. The number of nitrogens with one attached hydrogen (secondary N) is 1. The van der Waals surface area contributed by atoms with Gasteiger partial charge in [0.05, 0.1) is 5.69 Å². The SMILES string of the molecule is Cc1cc(=O)n(CC(=O)Nc2ccccc2F)c(C)n1. The number of halogens is 1. The maximum atomic E-state index is 13.4. The number of nitrogens with zero attached hydrogens (tertiary/aromatic N) is 2. The molecule has 2 rings (SSSR count). The van der Waals surface area contributed by atoms with Crippen molar-refractivity contribution in [2.75, 3.05) is 5.32 Å². The molecule has 1 aromatic carbocycles. The van der Waals surface area contributed by atoms with Gasteiger partial charge in [0.15, 0.2) is 0 Å². The van der Waals surface area contributed by atoms with E-state index in [2.05, 4.69) is 10.3 Å². The maximum Gasteiger partial charge on any atom is 0.254 e. The van der Waals surface area contributed by atoms with Crippen LogP contribution in [0.2, 0.25) is 0 Å². The molecule has 1 amide bonds. The summed E-state index contributed by atoms with van der Waals surface area (Å²) in [6.07, 6.45) is 0. The van der Waals surface area contributed by atoms with Crippen LogP contribution in [0.4, 0.5) is 10.1 Å². The molecule has 0 bridgehead atoms. The summed E-state index contributed by atoms with van der Waals surface area (Å²) in [6.45, 7) is 3.15. The van der Waals surface area contributed by atoms with Crippen molar-refractivity contribution in [2.45, 2.75) is 20.4 Å². The average molecular weight is 275 g/mol. The van der Waals surface area contributed by atoms with Gasteiger partial charge in [0.25, 0.3) is 5.56 Å². The lowest BCUT2D eigenvalue weighted by Gasteiger charge is -2.10. The molecule has 0 aliphatic carbocycles. The van der Waals surface area contributed by atoms with E-state index in [0.717, 1.165) is 0 Å². The number of anilines is 1. The number of amides is 1. The van der Waals surface area contributed by atoms with Crippen LogP contribution in [0.5, 0.6) is 0 Å². The van der Waals surface area contributed by atoms with Gasteiger partial charge in [0.2, 0.25) is 5.91 Å². The molecule has 0 fully saturated rings. The summed E-state index contributed by atoms with van der Waals surface area (Å²) in [5.74, 6) is -0.559. The average Bonchev–Trinajstić information content (AvgIpc) is 2.36. The Kier molecular flexibility index (Phi) is 3.93. The molecule has 2 aromatic rings. The number of carbonyl (C=O) groups is 1. The van der Waals surface area contributed by atoms with E-state index in [1.54, 1.807) is 19.9 Å². The highest BCUT2D eigenvalue weighted by molar-refractivity contribution is 5.90. The van der Waals surface area contributed by atoms with Gasteiger partial charge in [-0.25, -0.2) is 9.37 Å². The van der Waals surface area contributed by atoms with Crippen molar-refractivity contribution < 1.29 is 9.18 Å². The predicted octanol–water partition coefficient (Wildman–Crippen LogP) is 1.64. The molecule has 1 aromatic heterocycles. The fourth-order valence-electron chi connectivity index (χ4n) is 1.85. The van der Waals surface area contributed by atoms with Gasteiger partial charge in [0, 0.05) is 11.8 Å². The van der Waals surface area contributed by atoms with Crippen molar-refractivity contribution in [3.8, 4) is 0 Å². The van der Waals surface area contributed by atoms with Crippen LogP contribution < -0.4 is 10.9 Å². The number of aromatic nitrogens is 2. The van der Waals surface area contributed by atoms with E-state index in [1.807, 2.05) is 0 Å². The zero-order valence-electron chi connectivity index (χ0n) is 11.2. The van der Waals surface area contributed by atoms with E-state index in [1.165, 1.54) is 28.8 Å². The zero-order chi connectivity index (χ0) is 14.7. The third-order valence-electron chi connectivity index (χ3n) is 2.78. The summed E-state index contributed by atoms with van der Waals surface area (Å²) in [5, 5.41) is 2.43. The second kappa shape index (κ2) is 5.64. The van der Waals surface area contributed by atoms with E-state index < -0.39 is 11.7 Å². The smallest absolute Gasteiger partial charge is 0.254 e. The van der Waals surface area contributed by atoms with Gasteiger partial charge < -0.3 is 5.32 Å². The zero-order valence-corrected chi connectivity index (χ0v) is 11.2. The Bertz CT molecular complexity index is 710. The molecular weight excluding hydrogens is 261 g/mol. The lowest BCUT2D eigenvalue weighted by Crippen LogP contribution is -2.30. The van der Waals surface area contributed by atoms with Crippen molar-refractivity contribution in [1.29, 1.82) is 0 Å². The predicted molar refractivity (Wildman–Crippen MR) is 73.0 cm³/mol. The van der Waals surface area contributed by atoms with Gasteiger partial charge in [-0.2, -0.15) is 0 Å². The number of hydrogen-bond donors (Lipinski definition) is 1. The van der Waals surface area contributed by atoms with Crippen LogP contribution in [0, 0.1) is 19.7 Å². The Morgan fingerprint density at radius 2 is 2.05 bits per heavy atom. The molecule has 0 atom stereocenters. The minimum absolute atomic E-state index is 0.0864.